The van der Waals surface area contributed by atoms with E-state index in [9.17, 15) is 29.7 Å². The van der Waals surface area contributed by atoms with Crippen molar-refractivity contribution in [1.29, 1.82) is 0 Å². The Labute approximate surface area is 185 Å². The number of phenols is 1. The normalized spacial score (nSPS) is 18.5. The predicted octanol–water partition coefficient (Wildman–Crippen LogP) is 0.848. The largest absolute Gasteiger partial charge is 0.507 e. The zero-order valence-corrected chi connectivity index (χ0v) is 17.1. The van der Waals surface area contributed by atoms with E-state index in [1.54, 1.807) is 0 Å². The number of aliphatic hydroxyl groups excluding tert-OH is 1. The first-order chi connectivity index (χ1) is 15.8. The van der Waals surface area contributed by atoms with Crippen LogP contribution >= 0.6 is 0 Å². The third-order valence-electron chi connectivity index (χ3n) is 5.97. The molecule has 2 aliphatic carbocycles. The second-order valence-corrected chi connectivity index (χ2v) is 7.63. The number of benzene rings is 2. The number of hydrogen-bond donors (Lipinski definition) is 4. The first-order valence-corrected chi connectivity index (χ1v) is 9.79. The lowest BCUT2D eigenvalue weighted by Crippen LogP contribution is -2.45. The van der Waals surface area contributed by atoms with E-state index in [0.29, 0.717) is 0 Å². The average molecular weight is 454 g/mol. The lowest BCUT2D eigenvalue weighted by Gasteiger charge is -2.34. The van der Waals surface area contributed by atoms with Gasteiger partial charge in [0.25, 0.3) is 0 Å². The fourth-order valence-electron chi connectivity index (χ4n) is 4.39. The summed E-state index contributed by atoms with van der Waals surface area (Å²) in [6.45, 7) is -1.32. The number of nitrogens with two attached hydrogens (primary N) is 1. The molecule has 0 amide bonds. The van der Waals surface area contributed by atoms with Crippen LogP contribution in [0.4, 0.5) is 0 Å². The number of rotatable bonds is 6. The number of Topliss-reactive ketones (excluding diaryl/α,β-unsaturated/α-hetero) is 1. The van der Waals surface area contributed by atoms with Gasteiger partial charge in [-0.05, 0) is 24.4 Å². The lowest BCUT2D eigenvalue weighted by molar-refractivity contribution is -0.141. The molecule has 0 saturated carbocycles. The smallest absolute Gasteiger partial charge is 0.202 e. The van der Waals surface area contributed by atoms with E-state index in [4.69, 9.17) is 21.0 Å². The minimum absolute atomic E-state index is 0.00741. The monoisotopic (exact) mass is 454 g/mol. The summed E-state index contributed by atoms with van der Waals surface area (Å²) in [6.07, 6.45) is -0.539. The number of aromatic hydroxyl groups is 1. The second-order valence-electron chi connectivity index (χ2n) is 7.63. The van der Waals surface area contributed by atoms with Crippen molar-refractivity contribution >= 4 is 17.3 Å². The summed E-state index contributed by atoms with van der Waals surface area (Å²) in [5.74, 6) is 2.45. The summed E-state index contributed by atoms with van der Waals surface area (Å²) in [4.78, 5) is 46.5. The zero-order chi connectivity index (χ0) is 23.9. The first-order valence-electron chi connectivity index (χ1n) is 9.79. The molecule has 2 aromatic carbocycles. The first kappa shape index (κ1) is 22.2. The molecule has 2 aliphatic rings. The van der Waals surface area contributed by atoms with Gasteiger partial charge in [-0.25, -0.2) is 0 Å². The minimum atomic E-state index is -1.96. The van der Waals surface area contributed by atoms with Gasteiger partial charge in [0.1, 0.15) is 23.7 Å². The molecule has 12 heteroatoms. The Balaban J connectivity index is 1.93. The number of aliphatic hydroxyl groups is 2. The van der Waals surface area contributed by atoms with E-state index < -0.39 is 48.5 Å². The van der Waals surface area contributed by atoms with Crippen LogP contribution in [0.5, 0.6) is 17.2 Å². The maximum Gasteiger partial charge on any atom is 0.202 e. The average Bonchev–Trinajstić information content (AvgIpc) is 2.82. The molecule has 12 nitrogen and oxygen atoms in total. The molecule has 0 radical (unpaired) electrons. The van der Waals surface area contributed by atoms with Gasteiger partial charge >= 0.3 is 0 Å². The molecule has 4 rings (SSSR count). The number of ether oxygens (including phenoxy) is 1. The number of ketones is 3. The number of fused-ring (bicyclic) bond motifs is 3. The van der Waals surface area contributed by atoms with Crippen LogP contribution in [0.2, 0.25) is 0 Å². The molecule has 1 atom stereocenters. The maximum absolute atomic E-state index is 13.5. The highest BCUT2D eigenvalue weighted by molar-refractivity contribution is 6.31. The van der Waals surface area contributed by atoms with Gasteiger partial charge in [-0.2, -0.15) is 5.90 Å². The molecule has 5 N–H and O–H groups in total. The van der Waals surface area contributed by atoms with Crippen molar-refractivity contribution in [2.75, 3.05) is 13.3 Å². The molecule has 0 aromatic heterocycles. The summed E-state index contributed by atoms with van der Waals surface area (Å²) in [5, 5.41) is 34.2. The summed E-state index contributed by atoms with van der Waals surface area (Å²) in [6, 6.07) is 4.24. The topological polar surface area (TPSA) is 205 Å². The van der Waals surface area contributed by atoms with Crippen molar-refractivity contribution in [2.45, 2.75) is 24.9 Å². The highest BCUT2D eigenvalue weighted by Crippen LogP contribution is 2.48. The van der Waals surface area contributed by atoms with E-state index >= 15 is 0 Å². The van der Waals surface area contributed by atoms with Gasteiger partial charge < -0.3 is 24.9 Å². The van der Waals surface area contributed by atoms with Crippen LogP contribution in [0.1, 0.15) is 49.4 Å². The fourth-order valence-corrected chi connectivity index (χ4v) is 4.39. The van der Waals surface area contributed by atoms with Crippen molar-refractivity contribution in [1.82, 2.24) is 0 Å². The minimum Gasteiger partial charge on any atom is -0.507 e. The lowest BCUT2D eigenvalue weighted by atomic mass is 9.73. The third kappa shape index (κ3) is 3.29. The highest BCUT2D eigenvalue weighted by Gasteiger charge is 2.45. The van der Waals surface area contributed by atoms with E-state index in [1.807, 2.05) is 0 Å². The standard InChI is InChI=1S/C21H18N4O8/c22-25-24-8-32-12-3-1-2-10-14(12)19(30)16-15(17(10)28)18(29)11-6-21(31,13(27)7-26)5-4-9(11)20(16)33-23/h1-3,26,29,31H,4-8,23H2/t21-/m0/s1. The molecule has 0 aliphatic heterocycles. The fraction of sp³-hybridized carbons (Fsp3) is 0.286. The zero-order valence-electron chi connectivity index (χ0n) is 17.1. The molecule has 0 unspecified atom stereocenters. The Morgan fingerprint density at radius 3 is 2.64 bits per heavy atom. The number of azide groups is 1. The van der Waals surface area contributed by atoms with Crippen molar-refractivity contribution < 1.29 is 39.3 Å². The van der Waals surface area contributed by atoms with Gasteiger partial charge in [-0.3, -0.25) is 14.4 Å². The van der Waals surface area contributed by atoms with Crippen LogP contribution in [0, 0.1) is 0 Å². The number of hydrogen-bond acceptors (Lipinski definition) is 10. The van der Waals surface area contributed by atoms with Gasteiger partial charge in [-0.15, -0.1) is 0 Å². The number of nitrogens with zero attached hydrogens (tertiary/aromatic N) is 3. The Kier molecular flexibility index (Phi) is 5.52. The summed E-state index contributed by atoms with van der Waals surface area (Å²) in [5.41, 5.74) is 5.97. The predicted molar refractivity (Wildman–Crippen MR) is 110 cm³/mol. The van der Waals surface area contributed by atoms with Gasteiger partial charge in [0.05, 0.1) is 16.7 Å². The van der Waals surface area contributed by atoms with Crippen molar-refractivity contribution in [2.24, 2.45) is 11.0 Å². The molecule has 33 heavy (non-hydrogen) atoms. The third-order valence-corrected chi connectivity index (χ3v) is 5.97. The van der Waals surface area contributed by atoms with Crippen LogP contribution in [-0.4, -0.2) is 51.6 Å². The van der Waals surface area contributed by atoms with E-state index in [0.717, 1.165) is 0 Å². The van der Waals surface area contributed by atoms with Crippen molar-refractivity contribution in [3.05, 3.63) is 62.0 Å². The van der Waals surface area contributed by atoms with E-state index in [-0.39, 0.29) is 57.7 Å². The molecular formula is C21H18N4O8. The molecule has 2 aromatic rings. The Morgan fingerprint density at radius 2 is 1.97 bits per heavy atom. The van der Waals surface area contributed by atoms with Gasteiger partial charge in [-0.1, -0.05) is 17.2 Å². The number of carbonyl (C=O) groups is 3. The number of phenolic OH excluding ortho intramolecular Hbond substituents is 1. The van der Waals surface area contributed by atoms with Crippen LogP contribution in [0.25, 0.3) is 10.4 Å². The van der Waals surface area contributed by atoms with Gasteiger partial charge in [0, 0.05) is 28.0 Å². The molecule has 170 valence electrons. The molecule has 0 fully saturated rings. The summed E-state index contributed by atoms with van der Waals surface area (Å²) >= 11 is 0. The van der Waals surface area contributed by atoms with E-state index in [2.05, 4.69) is 10.0 Å². The molecule has 0 spiro atoms. The van der Waals surface area contributed by atoms with Crippen molar-refractivity contribution in [3.63, 3.8) is 0 Å². The molecule has 0 bridgehead atoms. The quantitative estimate of drug-likeness (QED) is 0.180. The Bertz CT molecular complexity index is 1270. The summed E-state index contributed by atoms with van der Waals surface area (Å²) < 4.78 is 5.34. The second kappa shape index (κ2) is 8.19. The van der Waals surface area contributed by atoms with Gasteiger partial charge in [0.15, 0.2) is 24.0 Å². The molecule has 0 heterocycles. The van der Waals surface area contributed by atoms with Crippen LogP contribution < -0.4 is 15.5 Å². The van der Waals surface area contributed by atoms with Crippen LogP contribution in [-0.2, 0) is 17.6 Å². The highest BCUT2D eigenvalue weighted by atomic mass is 16.6. The number of carbonyl (C=O) groups excluding carboxylic acids is 3. The van der Waals surface area contributed by atoms with Crippen LogP contribution in [0.15, 0.2) is 23.3 Å². The molecule has 0 saturated heterocycles. The van der Waals surface area contributed by atoms with Crippen molar-refractivity contribution in [3.8, 4) is 17.2 Å². The maximum atomic E-state index is 13.5. The SMILES string of the molecule is [N-]=[N+]=NCOc1cccc2c1C(=O)c1c(ON)c3c(c(O)c1C2=O)C[C@](O)(C(=O)CO)CC3. The molecular weight excluding hydrogens is 436 g/mol. The van der Waals surface area contributed by atoms with Crippen LogP contribution in [0.3, 0.4) is 0 Å². The Hall–Kier alpha value is -3.96. The van der Waals surface area contributed by atoms with Gasteiger partial charge in [0.2, 0.25) is 5.78 Å². The van der Waals surface area contributed by atoms with E-state index in [1.165, 1.54) is 18.2 Å². The Morgan fingerprint density at radius 1 is 1.21 bits per heavy atom. The summed E-state index contributed by atoms with van der Waals surface area (Å²) in [7, 11) is 0.